The summed E-state index contributed by atoms with van der Waals surface area (Å²) >= 11 is 0. The number of rotatable bonds is 2. The van der Waals surface area contributed by atoms with Crippen molar-refractivity contribution < 1.29 is 14.3 Å². The van der Waals surface area contributed by atoms with E-state index in [1.54, 1.807) is 16.7 Å². The van der Waals surface area contributed by atoms with Crippen molar-refractivity contribution in [2.75, 3.05) is 32.8 Å². The Bertz CT molecular complexity index is 319. The van der Waals surface area contributed by atoms with E-state index in [4.69, 9.17) is 10.5 Å². The molecule has 0 aromatic carbocycles. The zero-order valence-corrected chi connectivity index (χ0v) is 10.8. The Hall–Kier alpha value is -1.14. The first-order chi connectivity index (χ1) is 8.59. The van der Waals surface area contributed by atoms with Gasteiger partial charge in [-0.15, -0.1) is 0 Å². The van der Waals surface area contributed by atoms with Gasteiger partial charge in [0.1, 0.15) is 6.10 Å². The third-order valence-corrected chi connectivity index (χ3v) is 3.50. The molecule has 6 nitrogen and oxygen atoms in total. The van der Waals surface area contributed by atoms with Crippen molar-refractivity contribution in [2.45, 2.75) is 31.9 Å². The van der Waals surface area contributed by atoms with E-state index in [1.165, 1.54) is 0 Å². The summed E-state index contributed by atoms with van der Waals surface area (Å²) in [6.45, 7) is 4.66. The molecule has 0 bridgehead atoms. The molecule has 0 aliphatic carbocycles. The van der Waals surface area contributed by atoms with Gasteiger partial charge in [-0.3, -0.25) is 9.59 Å². The fourth-order valence-corrected chi connectivity index (χ4v) is 2.41. The molecular formula is C12H21N3O3. The summed E-state index contributed by atoms with van der Waals surface area (Å²) in [6.07, 6.45) is 1.51. The topological polar surface area (TPSA) is 75.9 Å². The van der Waals surface area contributed by atoms with Crippen molar-refractivity contribution in [2.24, 2.45) is 5.73 Å². The lowest BCUT2D eigenvalue weighted by Crippen LogP contribution is -2.55. The molecule has 2 atom stereocenters. The maximum atomic E-state index is 12.1. The summed E-state index contributed by atoms with van der Waals surface area (Å²) in [5.74, 6) is 0.0274. The van der Waals surface area contributed by atoms with E-state index in [2.05, 4.69) is 0 Å². The summed E-state index contributed by atoms with van der Waals surface area (Å²) in [5.41, 5.74) is 5.57. The second kappa shape index (κ2) is 5.67. The predicted octanol–water partition coefficient (Wildman–Crippen LogP) is -0.817. The van der Waals surface area contributed by atoms with Gasteiger partial charge >= 0.3 is 0 Å². The van der Waals surface area contributed by atoms with Crippen LogP contribution < -0.4 is 5.73 Å². The van der Waals surface area contributed by atoms with Gasteiger partial charge < -0.3 is 20.3 Å². The number of ether oxygens (including phenoxy) is 1. The number of nitrogens with two attached hydrogens (primary N) is 1. The molecule has 0 radical (unpaired) electrons. The Labute approximate surface area is 107 Å². The van der Waals surface area contributed by atoms with Crippen LogP contribution in [-0.4, -0.2) is 66.5 Å². The lowest BCUT2D eigenvalue weighted by molar-refractivity contribution is -0.146. The summed E-state index contributed by atoms with van der Waals surface area (Å²) < 4.78 is 5.39. The molecule has 102 valence electrons. The molecule has 2 aliphatic heterocycles. The molecule has 18 heavy (non-hydrogen) atoms. The molecule has 0 saturated carbocycles. The van der Waals surface area contributed by atoms with Gasteiger partial charge in [-0.2, -0.15) is 0 Å². The average Bonchev–Trinajstić information content (AvgIpc) is 2.91. The van der Waals surface area contributed by atoms with Gasteiger partial charge in [-0.25, -0.2) is 0 Å². The molecule has 2 fully saturated rings. The zero-order valence-electron chi connectivity index (χ0n) is 10.8. The lowest BCUT2D eigenvalue weighted by Gasteiger charge is -2.36. The van der Waals surface area contributed by atoms with Crippen LogP contribution in [0.4, 0.5) is 0 Å². The van der Waals surface area contributed by atoms with E-state index in [0.29, 0.717) is 32.8 Å². The second-order valence-electron chi connectivity index (χ2n) is 4.94. The molecule has 0 aromatic rings. The van der Waals surface area contributed by atoms with Gasteiger partial charge in [0.05, 0.1) is 6.04 Å². The monoisotopic (exact) mass is 255 g/mol. The normalized spacial score (nSPS) is 26.2. The SMILES string of the molecule is C[C@@H](N)C(=O)N1CCN(C(=O)C2CCCO2)CC1. The number of hydrogen-bond donors (Lipinski definition) is 1. The van der Waals surface area contributed by atoms with Crippen molar-refractivity contribution >= 4 is 11.8 Å². The van der Waals surface area contributed by atoms with E-state index >= 15 is 0 Å². The van der Waals surface area contributed by atoms with Crippen molar-refractivity contribution in [1.82, 2.24) is 9.80 Å². The molecule has 2 amide bonds. The number of hydrogen-bond acceptors (Lipinski definition) is 4. The van der Waals surface area contributed by atoms with Gasteiger partial charge in [0, 0.05) is 32.8 Å². The van der Waals surface area contributed by atoms with Crippen LogP contribution in [0, 0.1) is 0 Å². The zero-order chi connectivity index (χ0) is 13.1. The number of nitrogens with zero attached hydrogens (tertiary/aromatic N) is 2. The maximum absolute atomic E-state index is 12.1. The number of carbonyl (C=O) groups is 2. The number of amides is 2. The largest absolute Gasteiger partial charge is 0.368 e. The minimum Gasteiger partial charge on any atom is -0.368 e. The van der Waals surface area contributed by atoms with E-state index in [-0.39, 0.29) is 17.9 Å². The Kier molecular flexibility index (Phi) is 4.19. The summed E-state index contributed by atoms with van der Waals surface area (Å²) in [5, 5.41) is 0. The van der Waals surface area contributed by atoms with Crippen LogP contribution in [0.15, 0.2) is 0 Å². The molecule has 6 heteroatoms. The summed E-state index contributed by atoms with van der Waals surface area (Å²) in [7, 11) is 0. The standard InChI is InChI=1S/C12H21N3O3/c1-9(13)11(16)14-4-6-15(7-5-14)12(17)10-3-2-8-18-10/h9-10H,2-8,13H2,1H3/t9-,10?/m1/s1. The Morgan fingerprint density at radius 3 is 2.33 bits per heavy atom. The van der Waals surface area contributed by atoms with Gasteiger partial charge in [0.2, 0.25) is 5.91 Å². The minimum absolute atomic E-state index is 0.0424. The van der Waals surface area contributed by atoms with Gasteiger partial charge in [-0.1, -0.05) is 0 Å². The molecule has 0 aromatic heterocycles. The van der Waals surface area contributed by atoms with E-state index in [9.17, 15) is 9.59 Å². The molecule has 2 heterocycles. The average molecular weight is 255 g/mol. The van der Waals surface area contributed by atoms with Crippen molar-refractivity contribution in [3.05, 3.63) is 0 Å². The first-order valence-corrected chi connectivity index (χ1v) is 6.54. The molecule has 2 aliphatic rings. The van der Waals surface area contributed by atoms with Gasteiger partial charge in [0.25, 0.3) is 5.91 Å². The van der Waals surface area contributed by atoms with Crippen molar-refractivity contribution in [3.8, 4) is 0 Å². The highest BCUT2D eigenvalue weighted by Gasteiger charge is 2.31. The Balaban J connectivity index is 1.82. The fraction of sp³-hybridized carbons (Fsp3) is 0.833. The summed E-state index contributed by atoms with van der Waals surface area (Å²) in [6, 6.07) is -0.467. The fourth-order valence-electron chi connectivity index (χ4n) is 2.41. The highest BCUT2D eigenvalue weighted by Crippen LogP contribution is 2.16. The highest BCUT2D eigenvalue weighted by atomic mass is 16.5. The van der Waals surface area contributed by atoms with E-state index in [0.717, 1.165) is 12.8 Å². The van der Waals surface area contributed by atoms with Crippen molar-refractivity contribution in [1.29, 1.82) is 0 Å². The van der Waals surface area contributed by atoms with Crippen molar-refractivity contribution in [3.63, 3.8) is 0 Å². The minimum atomic E-state index is -0.467. The highest BCUT2D eigenvalue weighted by molar-refractivity contribution is 5.83. The van der Waals surface area contributed by atoms with Crippen LogP contribution in [0.2, 0.25) is 0 Å². The van der Waals surface area contributed by atoms with E-state index < -0.39 is 6.04 Å². The quantitative estimate of drug-likeness (QED) is 0.700. The predicted molar refractivity (Wildman–Crippen MR) is 65.8 cm³/mol. The third kappa shape index (κ3) is 2.81. The maximum Gasteiger partial charge on any atom is 0.251 e. The second-order valence-corrected chi connectivity index (χ2v) is 4.94. The molecule has 2 rings (SSSR count). The number of carbonyl (C=O) groups excluding carboxylic acids is 2. The smallest absolute Gasteiger partial charge is 0.251 e. The molecular weight excluding hydrogens is 234 g/mol. The Morgan fingerprint density at radius 1 is 1.22 bits per heavy atom. The first kappa shape index (κ1) is 13.3. The Morgan fingerprint density at radius 2 is 1.83 bits per heavy atom. The van der Waals surface area contributed by atoms with Crippen LogP contribution in [0.1, 0.15) is 19.8 Å². The lowest BCUT2D eigenvalue weighted by atomic mass is 10.2. The van der Waals surface area contributed by atoms with Crippen LogP contribution in [-0.2, 0) is 14.3 Å². The van der Waals surface area contributed by atoms with Crippen LogP contribution in [0.5, 0.6) is 0 Å². The molecule has 1 unspecified atom stereocenters. The summed E-state index contributed by atoms with van der Waals surface area (Å²) in [4.78, 5) is 27.3. The third-order valence-electron chi connectivity index (χ3n) is 3.50. The van der Waals surface area contributed by atoms with Crippen LogP contribution in [0.25, 0.3) is 0 Å². The van der Waals surface area contributed by atoms with Crippen LogP contribution in [0.3, 0.4) is 0 Å². The first-order valence-electron chi connectivity index (χ1n) is 6.54. The molecule has 2 saturated heterocycles. The van der Waals surface area contributed by atoms with Gasteiger partial charge in [0.15, 0.2) is 0 Å². The van der Waals surface area contributed by atoms with Crippen LogP contribution >= 0.6 is 0 Å². The molecule has 2 N–H and O–H groups in total. The van der Waals surface area contributed by atoms with Gasteiger partial charge in [-0.05, 0) is 19.8 Å². The number of piperazine rings is 1. The van der Waals surface area contributed by atoms with E-state index in [1.807, 2.05) is 0 Å². The molecule has 0 spiro atoms.